The molecule has 1 saturated carbocycles. The Bertz CT molecular complexity index is 1130. The Morgan fingerprint density at radius 2 is 1.87 bits per heavy atom. The molecule has 2 fully saturated rings. The number of piperidine rings is 1. The van der Waals surface area contributed by atoms with E-state index in [2.05, 4.69) is 45.1 Å². The number of rotatable bonds is 5. The number of benzene rings is 2. The van der Waals surface area contributed by atoms with Gasteiger partial charge >= 0.3 is 6.03 Å². The lowest BCUT2D eigenvalue weighted by molar-refractivity contribution is 0.167. The molecular formula is C24H27N5O2. The topological polar surface area (TPSA) is 90.1 Å². The molecule has 0 radical (unpaired) electrons. The zero-order valence-electron chi connectivity index (χ0n) is 17.4. The molecule has 3 aromatic rings. The van der Waals surface area contributed by atoms with Gasteiger partial charge in [0, 0.05) is 37.0 Å². The van der Waals surface area contributed by atoms with Crippen LogP contribution < -0.4 is 16.2 Å². The summed E-state index contributed by atoms with van der Waals surface area (Å²) in [5.74, 6) is 1.46. The van der Waals surface area contributed by atoms with Gasteiger partial charge in [0.25, 0.3) is 5.56 Å². The van der Waals surface area contributed by atoms with E-state index in [1.54, 1.807) is 6.07 Å². The monoisotopic (exact) mass is 417 g/mol. The van der Waals surface area contributed by atoms with Crippen LogP contribution in [0.4, 0.5) is 10.6 Å². The zero-order valence-corrected chi connectivity index (χ0v) is 17.4. The molecule has 3 N–H and O–H groups in total. The van der Waals surface area contributed by atoms with Crippen molar-refractivity contribution in [1.29, 1.82) is 0 Å². The summed E-state index contributed by atoms with van der Waals surface area (Å²) in [5.41, 5.74) is 1.12. The Morgan fingerprint density at radius 3 is 2.71 bits per heavy atom. The Hall–Kier alpha value is -3.35. The van der Waals surface area contributed by atoms with Crippen LogP contribution in [0.25, 0.3) is 10.8 Å². The van der Waals surface area contributed by atoms with Crippen LogP contribution in [-0.2, 0) is 0 Å². The van der Waals surface area contributed by atoms with Crippen molar-refractivity contribution in [3.63, 3.8) is 0 Å². The van der Waals surface area contributed by atoms with Gasteiger partial charge in [0.2, 0.25) is 0 Å². The van der Waals surface area contributed by atoms with E-state index in [1.165, 1.54) is 5.56 Å². The standard InChI is InChI=1S/C24H27N5O2/c30-23-19-11-5-4-10-18(19)22(27-28-23)25-14-16-7-6-12-29(15-16)24(31)26-21-13-20(21)17-8-2-1-3-9-17/h1-5,8-11,16,20-21H,6-7,12-15H2,(H,25,27)(H,26,31)(H,28,30)/t16?,20-,21-/m0/s1. The summed E-state index contributed by atoms with van der Waals surface area (Å²) in [6, 6.07) is 18.1. The first kappa shape index (κ1) is 19.6. The van der Waals surface area contributed by atoms with Crippen LogP contribution in [0.1, 0.15) is 30.7 Å². The molecule has 1 saturated heterocycles. The molecule has 7 nitrogen and oxygen atoms in total. The van der Waals surface area contributed by atoms with E-state index in [9.17, 15) is 9.59 Å². The first-order chi connectivity index (χ1) is 15.2. The Labute approximate surface area is 180 Å². The Balaban J connectivity index is 1.16. The fourth-order valence-electron chi connectivity index (χ4n) is 4.58. The summed E-state index contributed by atoms with van der Waals surface area (Å²) in [6.45, 7) is 2.23. The van der Waals surface area contributed by atoms with Crippen LogP contribution in [0.2, 0.25) is 0 Å². The SMILES string of the molecule is O=C(N[C@H]1C[C@H]1c1ccccc1)N1CCCC(CNc2n[nH]c(=O)c3ccccc23)C1. The summed E-state index contributed by atoms with van der Waals surface area (Å²) in [4.78, 5) is 26.7. The van der Waals surface area contributed by atoms with Gasteiger partial charge in [0.1, 0.15) is 0 Å². The molecule has 2 amide bonds. The molecule has 2 aromatic carbocycles. The van der Waals surface area contributed by atoms with Crippen LogP contribution in [-0.4, -0.2) is 46.8 Å². The number of nitrogens with zero attached hydrogens (tertiary/aromatic N) is 2. The van der Waals surface area contributed by atoms with Gasteiger partial charge in [-0.2, -0.15) is 5.10 Å². The minimum atomic E-state index is -0.185. The second kappa shape index (κ2) is 8.41. The number of fused-ring (bicyclic) bond motifs is 1. The summed E-state index contributed by atoms with van der Waals surface area (Å²) >= 11 is 0. The molecule has 160 valence electrons. The number of aromatic nitrogens is 2. The van der Waals surface area contributed by atoms with Crippen molar-refractivity contribution >= 4 is 22.6 Å². The summed E-state index contributed by atoms with van der Waals surface area (Å²) in [6.07, 6.45) is 3.07. The van der Waals surface area contributed by atoms with E-state index in [1.807, 2.05) is 29.2 Å². The molecule has 1 aromatic heterocycles. The number of carbonyl (C=O) groups is 1. The van der Waals surface area contributed by atoms with E-state index >= 15 is 0 Å². The molecular weight excluding hydrogens is 390 g/mol. The van der Waals surface area contributed by atoms with Crippen LogP contribution in [0.15, 0.2) is 59.4 Å². The average molecular weight is 418 g/mol. The average Bonchev–Trinajstić information content (AvgIpc) is 3.59. The molecule has 1 aliphatic carbocycles. The normalized spacial score (nSPS) is 22.8. The molecule has 2 aliphatic rings. The van der Waals surface area contributed by atoms with Crippen LogP contribution in [0.3, 0.4) is 0 Å². The van der Waals surface area contributed by atoms with E-state index in [-0.39, 0.29) is 17.6 Å². The fraction of sp³-hybridized carbons (Fsp3) is 0.375. The van der Waals surface area contributed by atoms with Crippen molar-refractivity contribution in [3.05, 3.63) is 70.5 Å². The highest BCUT2D eigenvalue weighted by Gasteiger charge is 2.40. The molecule has 7 heteroatoms. The fourth-order valence-corrected chi connectivity index (χ4v) is 4.58. The molecule has 5 rings (SSSR count). The van der Waals surface area contributed by atoms with Crippen molar-refractivity contribution in [1.82, 2.24) is 20.4 Å². The first-order valence-electron chi connectivity index (χ1n) is 11.0. The smallest absolute Gasteiger partial charge is 0.317 e. The van der Waals surface area contributed by atoms with Crippen molar-refractivity contribution in [2.45, 2.75) is 31.2 Å². The number of likely N-dealkylation sites (tertiary alicyclic amines) is 1. The van der Waals surface area contributed by atoms with E-state index in [0.717, 1.165) is 37.7 Å². The predicted molar refractivity (Wildman–Crippen MR) is 121 cm³/mol. The summed E-state index contributed by atoms with van der Waals surface area (Å²) in [7, 11) is 0. The number of urea groups is 1. The lowest BCUT2D eigenvalue weighted by atomic mass is 9.98. The molecule has 3 atom stereocenters. The maximum atomic E-state index is 12.8. The van der Waals surface area contributed by atoms with Gasteiger partial charge in [-0.25, -0.2) is 9.89 Å². The minimum Gasteiger partial charge on any atom is -0.368 e. The van der Waals surface area contributed by atoms with Crippen LogP contribution in [0, 0.1) is 5.92 Å². The van der Waals surface area contributed by atoms with Gasteiger partial charge in [-0.15, -0.1) is 0 Å². The number of amides is 2. The number of H-pyrrole nitrogens is 1. The quantitative estimate of drug-likeness (QED) is 0.594. The highest BCUT2D eigenvalue weighted by Crippen LogP contribution is 2.40. The van der Waals surface area contributed by atoms with Gasteiger partial charge in [-0.3, -0.25) is 4.79 Å². The molecule has 1 aliphatic heterocycles. The molecule has 31 heavy (non-hydrogen) atoms. The first-order valence-corrected chi connectivity index (χ1v) is 11.0. The number of hydrogen-bond donors (Lipinski definition) is 3. The molecule has 1 unspecified atom stereocenters. The van der Waals surface area contributed by atoms with Gasteiger partial charge < -0.3 is 15.5 Å². The van der Waals surface area contributed by atoms with Gasteiger partial charge in [0.15, 0.2) is 5.82 Å². The maximum absolute atomic E-state index is 12.8. The number of carbonyl (C=O) groups excluding carboxylic acids is 1. The second-order valence-electron chi connectivity index (χ2n) is 8.59. The summed E-state index contributed by atoms with van der Waals surface area (Å²) < 4.78 is 0. The largest absolute Gasteiger partial charge is 0.368 e. The number of anilines is 1. The van der Waals surface area contributed by atoms with Crippen molar-refractivity contribution in [2.24, 2.45) is 5.92 Å². The van der Waals surface area contributed by atoms with Crippen molar-refractivity contribution in [3.8, 4) is 0 Å². The number of nitrogens with one attached hydrogen (secondary N) is 3. The third kappa shape index (κ3) is 4.26. The van der Waals surface area contributed by atoms with E-state index in [4.69, 9.17) is 0 Å². The molecule has 0 spiro atoms. The number of hydrogen-bond acceptors (Lipinski definition) is 4. The maximum Gasteiger partial charge on any atom is 0.317 e. The van der Waals surface area contributed by atoms with Crippen molar-refractivity contribution in [2.75, 3.05) is 25.0 Å². The van der Waals surface area contributed by atoms with Crippen molar-refractivity contribution < 1.29 is 4.79 Å². The predicted octanol–water partition coefficient (Wildman–Crippen LogP) is 3.31. The highest BCUT2D eigenvalue weighted by molar-refractivity contribution is 5.90. The van der Waals surface area contributed by atoms with Gasteiger partial charge in [-0.05, 0) is 36.8 Å². The highest BCUT2D eigenvalue weighted by atomic mass is 16.2. The Kier molecular flexibility index (Phi) is 5.32. The zero-order chi connectivity index (χ0) is 21.2. The minimum absolute atomic E-state index is 0.0424. The summed E-state index contributed by atoms with van der Waals surface area (Å²) in [5, 5.41) is 14.8. The lowest BCUT2D eigenvalue weighted by Gasteiger charge is -2.33. The second-order valence-corrected chi connectivity index (χ2v) is 8.59. The Morgan fingerprint density at radius 1 is 1.10 bits per heavy atom. The third-order valence-corrected chi connectivity index (χ3v) is 6.39. The molecule has 2 heterocycles. The van der Waals surface area contributed by atoms with Gasteiger partial charge in [0.05, 0.1) is 5.39 Å². The van der Waals surface area contributed by atoms with E-state index < -0.39 is 0 Å². The third-order valence-electron chi connectivity index (χ3n) is 6.39. The van der Waals surface area contributed by atoms with Crippen LogP contribution >= 0.6 is 0 Å². The molecule has 0 bridgehead atoms. The van der Waals surface area contributed by atoms with Crippen LogP contribution in [0.5, 0.6) is 0 Å². The van der Waals surface area contributed by atoms with E-state index in [0.29, 0.717) is 29.6 Å². The van der Waals surface area contributed by atoms with Gasteiger partial charge in [-0.1, -0.05) is 48.5 Å². The lowest BCUT2D eigenvalue weighted by Crippen LogP contribution is -2.47. The number of aromatic amines is 1.